The third-order valence-corrected chi connectivity index (χ3v) is 1.86. The van der Waals surface area contributed by atoms with Crippen LogP contribution >= 0.6 is 0 Å². The molecule has 2 aromatic rings. The van der Waals surface area contributed by atoms with Gasteiger partial charge in [-0.05, 0) is 24.3 Å². The molecule has 0 saturated carbocycles. The monoisotopic (exact) mass is 203 g/mol. The molecule has 0 amide bonds. The van der Waals surface area contributed by atoms with Gasteiger partial charge < -0.3 is 14.9 Å². The minimum absolute atomic E-state index is 0.207. The van der Waals surface area contributed by atoms with Gasteiger partial charge in [-0.25, -0.2) is 0 Å². The number of phenols is 2. The quantitative estimate of drug-likeness (QED) is 0.735. The number of phenolic OH excluding ortho intramolecular Hbond substituents is 2. The molecule has 2 rings (SSSR count). The van der Waals surface area contributed by atoms with Crippen molar-refractivity contribution in [1.29, 1.82) is 0 Å². The Hall–Kier alpha value is -2.23. The van der Waals surface area contributed by atoms with Crippen LogP contribution in [-0.4, -0.2) is 15.2 Å². The van der Waals surface area contributed by atoms with Crippen molar-refractivity contribution in [3.8, 4) is 23.0 Å². The maximum Gasteiger partial charge on any atom is 0.201 e. The number of para-hydroxylation sites is 1. The number of aromatic nitrogens is 1. The lowest BCUT2D eigenvalue weighted by Crippen LogP contribution is -1.84. The van der Waals surface area contributed by atoms with Gasteiger partial charge in [0.1, 0.15) is 5.75 Å². The fourth-order valence-corrected chi connectivity index (χ4v) is 1.13. The van der Waals surface area contributed by atoms with Crippen molar-refractivity contribution in [3.05, 3.63) is 42.7 Å². The molecular formula is C11H9NO3. The van der Waals surface area contributed by atoms with Crippen LogP contribution in [0, 0.1) is 0 Å². The van der Waals surface area contributed by atoms with Crippen molar-refractivity contribution in [3.63, 3.8) is 0 Å². The van der Waals surface area contributed by atoms with Gasteiger partial charge in [0.2, 0.25) is 5.75 Å². The summed E-state index contributed by atoms with van der Waals surface area (Å²) in [5.74, 6) is 0.281. The molecule has 15 heavy (non-hydrogen) atoms. The SMILES string of the molecule is Oc1cccc(Oc2ccncc2)c1O. The van der Waals surface area contributed by atoms with Crippen LogP contribution in [0.25, 0.3) is 0 Å². The van der Waals surface area contributed by atoms with Crippen LogP contribution in [0.5, 0.6) is 23.0 Å². The van der Waals surface area contributed by atoms with Gasteiger partial charge in [-0.2, -0.15) is 0 Å². The van der Waals surface area contributed by atoms with Crippen LogP contribution in [0.2, 0.25) is 0 Å². The second kappa shape index (κ2) is 3.88. The van der Waals surface area contributed by atoms with Crippen molar-refractivity contribution < 1.29 is 14.9 Å². The van der Waals surface area contributed by atoms with Gasteiger partial charge in [-0.1, -0.05) is 6.07 Å². The van der Waals surface area contributed by atoms with Gasteiger partial charge in [0.05, 0.1) is 0 Å². The summed E-state index contributed by atoms with van der Waals surface area (Å²) in [7, 11) is 0. The second-order valence-corrected chi connectivity index (χ2v) is 2.91. The third kappa shape index (κ3) is 1.99. The zero-order valence-electron chi connectivity index (χ0n) is 7.79. The molecule has 1 aromatic heterocycles. The average Bonchev–Trinajstić information content (AvgIpc) is 2.26. The average molecular weight is 203 g/mol. The molecule has 0 unspecified atom stereocenters. The van der Waals surface area contributed by atoms with Crippen LogP contribution in [0.1, 0.15) is 0 Å². The third-order valence-electron chi connectivity index (χ3n) is 1.86. The van der Waals surface area contributed by atoms with E-state index in [2.05, 4.69) is 4.98 Å². The van der Waals surface area contributed by atoms with Crippen molar-refractivity contribution in [2.45, 2.75) is 0 Å². The molecule has 76 valence electrons. The van der Waals surface area contributed by atoms with E-state index in [0.717, 1.165) is 0 Å². The topological polar surface area (TPSA) is 62.6 Å². The lowest BCUT2D eigenvalue weighted by atomic mass is 10.3. The van der Waals surface area contributed by atoms with E-state index in [4.69, 9.17) is 4.74 Å². The lowest BCUT2D eigenvalue weighted by molar-refractivity contribution is 0.373. The van der Waals surface area contributed by atoms with Gasteiger partial charge in [0.15, 0.2) is 11.5 Å². The predicted octanol–water partition coefficient (Wildman–Crippen LogP) is 2.29. The van der Waals surface area contributed by atoms with Crippen LogP contribution < -0.4 is 4.74 Å². The number of hydrogen-bond donors (Lipinski definition) is 2. The van der Waals surface area contributed by atoms with Crippen molar-refractivity contribution in [2.75, 3.05) is 0 Å². The highest BCUT2D eigenvalue weighted by Gasteiger charge is 2.07. The van der Waals surface area contributed by atoms with Gasteiger partial charge >= 0.3 is 0 Å². The Kier molecular flexibility index (Phi) is 2.41. The predicted molar refractivity (Wildman–Crippen MR) is 54.1 cm³/mol. The molecule has 0 aliphatic heterocycles. The standard InChI is InChI=1S/C11H9NO3/c13-9-2-1-3-10(11(9)14)15-8-4-6-12-7-5-8/h1-7,13-14H. The van der Waals surface area contributed by atoms with Crippen molar-refractivity contribution >= 4 is 0 Å². The van der Waals surface area contributed by atoms with E-state index in [1.807, 2.05) is 0 Å². The Morgan fingerprint density at radius 2 is 1.73 bits per heavy atom. The molecule has 4 nitrogen and oxygen atoms in total. The fourth-order valence-electron chi connectivity index (χ4n) is 1.13. The van der Waals surface area contributed by atoms with E-state index >= 15 is 0 Å². The Morgan fingerprint density at radius 1 is 1.00 bits per heavy atom. The van der Waals surface area contributed by atoms with E-state index in [-0.39, 0.29) is 17.2 Å². The summed E-state index contributed by atoms with van der Waals surface area (Å²) < 4.78 is 5.34. The van der Waals surface area contributed by atoms with Gasteiger partial charge in [-0.15, -0.1) is 0 Å². The first-order valence-electron chi connectivity index (χ1n) is 4.36. The second-order valence-electron chi connectivity index (χ2n) is 2.91. The minimum atomic E-state index is -0.269. The fraction of sp³-hybridized carbons (Fsp3) is 0. The Labute approximate surface area is 86.4 Å². The molecule has 2 N–H and O–H groups in total. The first-order chi connectivity index (χ1) is 7.27. The first-order valence-corrected chi connectivity index (χ1v) is 4.36. The maximum atomic E-state index is 9.47. The molecule has 1 heterocycles. The van der Waals surface area contributed by atoms with Gasteiger partial charge in [-0.3, -0.25) is 4.98 Å². The lowest BCUT2D eigenvalue weighted by Gasteiger charge is -2.07. The largest absolute Gasteiger partial charge is 0.504 e. The summed E-state index contributed by atoms with van der Waals surface area (Å²) in [6.45, 7) is 0. The van der Waals surface area contributed by atoms with Crippen LogP contribution in [0.15, 0.2) is 42.7 Å². The van der Waals surface area contributed by atoms with E-state index in [1.54, 1.807) is 36.7 Å². The van der Waals surface area contributed by atoms with E-state index in [9.17, 15) is 10.2 Å². The molecule has 0 fully saturated rings. The summed E-state index contributed by atoms with van der Waals surface area (Å²) in [5.41, 5.74) is 0. The normalized spacial score (nSPS) is 9.87. The summed E-state index contributed by atoms with van der Waals surface area (Å²) in [5, 5.41) is 18.7. The molecule has 0 aliphatic rings. The summed E-state index contributed by atoms with van der Waals surface area (Å²) in [6.07, 6.45) is 3.16. The van der Waals surface area contributed by atoms with E-state index in [1.165, 1.54) is 6.07 Å². The molecule has 4 heteroatoms. The molecule has 0 bridgehead atoms. The Morgan fingerprint density at radius 3 is 2.47 bits per heavy atom. The molecule has 0 aliphatic carbocycles. The zero-order valence-corrected chi connectivity index (χ0v) is 7.79. The number of nitrogens with zero attached hydrogens (tertiary/aromatic N) is 1. The molecule has 0 radical (unpaired) electrons. The summed E-state index contributed by atoms with van der Waals surface area (Å²) >= 11 is 0. The van der Waals surface area contributed by atoms with Crippen LogP contribution in [0.4, 0.5) is 0 Å². The number of pyridine rings is 1. The molecule has 0 spiro atoms. The molecule has 1 aromatic carbocycles. The number of ether oxygens (including phenoxy) is 1. The molecule has 0 atom stereocenters. The number of aromatic hydroxyl groups is 2. The minimum Gasteiger partial charge on any atom is -0.504 e. The van der Waals surface area contributed by atoms with Gasteiger partial charge in [0, 0.05) is 12.4 Å². The van der Waals surface area contributed by atoms with Gasteiger partial charge in [0.25, 0.3) is 0 Å². The highest BCUT2D eigenvalue weighted by atomic mass is 16.5. The highest BCUT2D eigenvalue weighted by Crippen LogP contribution is 2.36. The number of hydrogen-bond acceptors (Lipinski definition) is 4. The van der Waals surface area contributed by atoms with Crippen LogP contribution in [-0.2, 0) is 0 Å². The number of rotatable bonds is 2. The van der Waals surface area contributed by atoms with E-state index in [0.29, 0.717) is 5.75 Å². The Bertz CT molecular complexity index is 457. The van der Waals surface area contributed by atoms with Crippen molar-refractivity contribution in [1.82, 2.24) is 4.98 Å². The molecule has 0 saturated heterocycles. The smallest absolute Gasteiger partial charge is 0.201 e. The maximum absolute atomic E-state index is 9.47. The Balaban J connectivity index is 2.29. The van der Waals surface area contributed by atoms with E-state index < -0.39 is 0 Å². The number of benzene rings is 1. The molecular weight excluding hydrogens is 194 g/mol. The first kappa shape index (κ1) is 9.33. The summed E-state index contributed by atoms with van der Waals surface area (Å²) in [4.78, 5) is 3.84. The van der Waals surface area contributed by atoms with Crippen LogP contribution in [0.3, 0.4) is 0 Å². The summed E-state index contributed by atoms with van der Waals surface area (Å²) in [6, 6.07) is 7.85. The zero-order chi connectivity index (χ0) is 10.7. The highest BCUT2D eigenvalue weighted by molar-refractivity contribution is 5.50. The van der Waals surface area contributed by atoms with Crippen molar-refractivity contribution in [2.24, 2.45) is 0 Å².